The lowest BCUT2D eigenvalue weighted by atomic mass is 9.67. The fourth-order valence-corrected chi connectivity index (χ4v) is 10.4. The van der Waals surface area contributed by atoms with Gasteiger partial charge >= 0.3 is 0 Å². The van der Waals surface area contributed by atoms with Gasteiger partial charge in [0.1, 0.15) is 0 Å². The summed E-state index contributed by atoms with van der Waals surface area (Å²) in [7, 11) is 0. The lowest BCUT2D eigenvalue weighted by Gasteiger charge is -2.34. The van der Waals surface area contributed by atoms with E-state index in [1.54, 1.807) is 0 Å². The van der Waals surface area contributed by atoms with Gasteiger partial charge in [0.2, 0.25) is 0 Å². The number of hydrogen-bond acceptors (Lipinski definition) is 1. The number of fused-ring (bicyclic) bond motifs is 4. The maximum absolute atomic E-state index is 2.49. The Morgan fingerprint density at radius 1 is 0.344 bits per heavy atom. The van der Waals surface area contributed by atoms with Crippen molar-refractivity contribution in [2.75, 3.05) is 4.90 Å². The first-order chi connectivity index (χ1) is 31.4. The van der Waals surface area contributed by atoms with Crippen molar-refractivity contribution in [3.63, 3.8) is 0 Å². The summed E-state index contributed by atoms with van der Waals surface area (Å²) in [6, 6.07) is 89.7. The second-order valence-electron chi connectivity index (χ2n) is 18.0. The standard InChI is InChI=1S/C63H49N/c1-62(2,3)47-38-40-50(41-39-47)64(60-36-18-15-31-55(60)56-33-20-24-45-23-19-32-52(61(45)56)44-21-7-4-8-22-44)59-35-17-14-29-51(59)46-37-42-54-53-30-13-16-34-57(53)63(58(54)43-46,48-25-9-5-10-26-48)49-27-11-6-12-28-49/h4-43H,1-3H3. The molecule has 0 fully saturated rings. The molecule has 0 heterocycles. The van der Waals surface area contributed by atoms with E-state index in [2.05, 4.69) is 268 Å². The van der Waals surface area contributed by atoms with Gasteiger partial charge in [-0.05, 0) is 108 Å². The van der Waals surface area contributed by atoms with Crippen LogP contribution in [-0.2, 0) is 10.8 Å². The SMILES string of the molecule is CC(C)(C)c1ccc(N(c2ccccc2-c2ccc3c(c2)C(c2ccccc2)(c2ccccc2)c2ccccc2-3)c2ccccc2-c2cccc3cccc(-c4ccccc4)c23)cc1. The maximum atomic E-state index is 2.49. The van der Waals surface area contributed by atoms with Crippen molar-refractivity contribution in [3.8, 4) is 44.5 Å². The molecule has 0 saturated carbocycles. The first kappa shape index (κ1) is 39.1. The minimum atomic E-state index is -0.501. The van der Waals surface area contributed by atoms with Gasteiger partial charge in [-0.1, -0.05) is 233 Å². The molecule has 0 atom stereocenters. The van der Waals surface area contributed by atoms with E-state index < -0.39 is 5.41 Å². The number of hydrogen-bond donors (Lipinski definition) is 0. The van der Waals surface area contributed by atoms with Crippen LogP contribution in [0.5, 0.6) is 0 Å². The molecule has 1 nitrogen and oxygen atoms in total. The smallest absolute Gasteiger partial charge is 0.0713 e. The zero-order valence-corrected chi connectivity index (χ0v) is 36.5. The highest BCUT2D eigenvalue weighted by Crippen LogP contribution is 2.57. The Morgan fingerprint density at radius 3 is 1.48 bits per heavy atom. The normalized spacial score (nSPS) is 12.7. The molecule has 0 aliphatic heterocycles. The van der Waals surface area contributed by atoms with E-state index in [9.17, 15) is 0 Å². The molecule has 1 aliphatic rings. The van der Waals surface area contributed by atoms with Crippen LogP contribution in [0.2, 0.25) is 0 Å². The average Bonchev–Trinajstić information content (AvgIpc) is 3.65. The van der Waals surface area contributed by atoms with E-state index in [0.717, 1.165) is 22.6 Å². The van der Waals surface area contributed by atoms with Crippen LogP contribution in [0.1, 0.15) is 48.6 Å². The van der Waals surface area contributed by atoms with Crippen molar-refractivity contribution in [3.05, 3.63) is 270 Å². The minimum absolute atomic E-state index is 0.0158. The van der Waals surface area contributed by atoms with Crippen LogP contribution in [0.15, 0.2) is 243 Å². The molecule has 10 aromatic rings. The van der Waals surface area contributed by atoms with Gasteiger partial charge in [0.05, 0.1) is 16.8 Å². The van der Waals surface area contributed by atoms with Crippen molar-refractivity contribution >= 4 is 27.8 Å². The molecule has 1 aliphatic carbocycles. The number of benzene rings is 10. The van der Waals surface area contributed by atoms with E-state index in [-0.39, 0.29) is 5.41 Å². The largest absolute Gasteiger partial charge is 0.309 e. The number of anilines is 3. The van der Waals surface area contributed by atoms with Crippen LogP contribution in [0.25, 0.3) is 55.3 Å². The summed E-state index contributed by atoms with van der Waals surface area (Å²) >= 11 is 0. The van der Waals surface area contributed by atoms with Crippen molar-refractivity contribution < 1.29 is 0 Å². The first-order valence-electron chi connectivity index (χ1n) is 22.4. The lowest BCUT2D eigenvalue weighted by Crippen LogP contribution is -2.28. The van der Waals surface area contributed by atoms with Gasteiger partial charge in [0.15, 0.2) is 0 Å². The summed E-state index contributed by atoms with van der Waals surface area (Å²) in [6.45, 7) is 6.85. The third-order valence-corrected chi connectivity index (χ3v) is 13.3. The highest BCUT2D eigenvalue weighted by molar-refractivity contribution is 6.09. The summed E-state index contributed by atoms with van der Waals surface area (Å²) in [5, 5.41) is 2.46. The highest BCUT2D eigenvalue weighted by atomic mass is 15.1. The topological polar surface area (TPSA) is 3.24 Å². The number of para-hydroxylation sites is 2. The zero-order chi connectivity index (χ0) is 43.3. The van der Waals surface area contributed by atoms with Crippen LogP contribution in [-0.4, -0.2) is 0 Å². The highest BCUT2D eigenvalue weighted by Gasteiger charge is 2.46. The summed E-state index contributed by atoms with van der Waals surface area (Å²) in [5.74, 6) is 0. The predicted octanol–water partition coefficient (Wildman–Crippen LogP) is 17.0. The third kappa shape index (κ3) is 6.47. The van der Waals surface area contributed by atoms with Crippen LogP contribution in [0.3, 0.4) is 0 Å². The third-order valence-electron chi connectivity index (χ3n) is 13.3. The Labute approximate surface area is 377 Å². The van der Waals surface area contributed by atoms with Gasteiger partial charge in [-0.3, -0.25) is 0 Å². The van der Waals surface area contributed by atoms with Crippen LogP contribution in [0, 0.1) is 0 Å². The summed E-state index contributed by atoms with van der Waals surface area (Å²) < 4.78 is 0. The summed E-state index contributed by atoms with van der Waals surface area (Å²) in [5.41, 5.74) is 19.0. The van der Waals surface area contributed by atoms with Gasteiger partial charge in [-0.2, -0.15) is 0 Å². The van der Waals surface area contributed by atoms with E-state index >= 15 is 0 Å². The van der Waals surface area contributed by atoms with Crippen molar-refractivity contribution in [1.82, 2.24) is 0 Å². The Balaban J connectivity index is 1.16. The van der Waals surface area contributed by atoms with Gasteiger partial charge in [0.25, 0.3) is 0 Å². The molecular weight excluding hydrogens is 771 g/mol. The van der Waals surface area contributed by atoms with Crippen LogP contribution >= 0.6 is 0 Å². The first-order valence-corrected chi connectivity index (χ1v) is 22.4. The second kappa shape index (κ2) is 15.9. The molecule has 0 spiro atoms. The molecule has 10 aromatic carbocycles. The molecule has 0 radical (unpaired) electrons. The molecule has 64 heavy (non-hydrogen) atoms. The van der Waals surface area contributed by atoms with Crippen molar-refractivity contribution in [2.45, 2.75) is 31.6 Å². The molecular formula is C63H49N. The van der Waals surface area contributed by atoms with E-state index in [1.165, 1.54) is 77.5 Å². The lowest BCUT2D eigenvalue weighted by molar-refractivity contribution is 0.590. The predicted molar refractivity (Wildman–Crippen MR) is 271 cm³/mol. The number of rotatable bonds is 8. The fraction of sp³-hybridized carbons (Fsp3) is 0.0794. The van der Waals surface area contributed by atoms with Crippen molar-refractivity contribution in [2.24, 2.45) is 0 Å². The molecule has 0 saturated heterocycles. The molecule has 0 unspecified atom stereocenters. The second-order valence-corrected chi connectivity index (χ2v) is 18.0. The molecule has 0 bridgehead atoms. The van der Waals surface area contributed by atoms with Crippen LogP contribution in [0.4, 0.5) is 17.1 Å². The summed E-state index contributed by atoms with van der Waals surface area (Å²) in [4.78, 5) is 2.49. The van der Waals surface area contributed by atoms with E-state index in [1.807, 2.05) is 0 Å². The Kier molecular flexibility index (Phi) is 9.70. The Bertz CT molecular complexity index is 3240. The van der Waals surface area contributed by atoms with E-state index in [4.69, 9.17) is 0 Å². The molecule has 0 amide bonds. The van der Waals surface area contributed by atoms with Gasteiger partial charge < -0.3 is 4.90 Å². The van der Waals surface area contributed by atoms with Gasteiger partial charge in [-0.15, -0.1) is 0 Å². The molecule has 0 aromatic heterocycles. The average molecular weight is 820 g/mol. The molecule has 1 heteroatoms. The van der Waals surface area contributed by atoms with Gasteiger partial charge in [-0.25, -0.2) is 0 Å². The maximum Gasteiger partial charge on any atom is 0.0713 e. The quantitative estimate of drug-likeness (QED) is 0.148. The Hall–Kier alpha value is -7.74. The minimum Gasteiger partial charge on any atom is -0.309 e. The number of nitrogens with zero attached hydrogens (tertiary/aromatic N) is 1. The molecule has 11 rings (SSSR count). The fourth-order valence-electron chi connectivity index (χ4n) is 10.4. The monoisotopic (exact) mass is 819 g/mol. The Morgan fingerprint density at radius 2 is 0.844 bits per heavy atom. The molecule has 306 valence electrons. The molecule has 0 N–H and O–H groups in total. The van der Waals surface area contributed by atoms with Gasteiger partial charge in [0, 0.05) is 16.8 Å². The summed E-state index contributed by atoms with van der Waals surface area (Å²) in [6.07, 6.45) is 0. The zero-order valence-electron chi connectivity index (χ0n) is 36.5. The van der Waals surface area contributed by atoms with Crippen molar-refractivity contribution in [1.29, 1.82) is 0 Å². The van der Waals surface area contributed by atoms with Crippen LogP contribution < -0.4 is 4.90 Å². The van der Waals surface area contributed by atoms with E-state index in [0.29, 0.717) is 0 Å².